The number of aliphatic imine (C=N–C) groups is 1. The maximum Gasteiger partial charge on any atom is 0.264 e. The number of rotatable bonds is 3. The lowest BCUT2D eigenvalue weighted by atomic mass is 9.87. The molecular weight excluding hydrogens is 473 g/mol. The number of benzene rings is 2. The van der Waals surface area contributed by atoms with Gasteiger partial charge in [0, 0.05) is 17.1 Å². The van der Waals surface area contributed by atoms with Gasteiger partial charge in [-0.3, -0.25) is 4.79 Å². The highest BCUT2D eigenvalue weighted by molar-refractivity contribution is 8.18. The van der Waals surface area contributed by atoms with Gasteiger partial charge in [-0.15, -0.1) is 0 Å². The number of hydrogen-bond donors (Lipinski definition) is 1. The van der Waals surface area contributed by atoms with Crippen molar-refractivity contribution in [2.45, 2.75) is 40.0 Å². The molecule has 0 bridgehead atoms. The standard InChI is InChI=1S/C26H25Cl2N3OS/c1-15-13-17(16(2)31(15)19-11-9-18(10-12-19)26(3,4)5)14-22-24(32)30-25(33-22)29-21-8-6-7-20(27)23(21)28/h6-14H,1-5H3,(H,29,30,32)/b22-14-. The minimum Gasteiger partial charge on any atom is -0.318 e. The Morgan fingerprint density at radius 2 is 1.76 bits per heavy atom. The zero-order valence-corrected chi connectivity index (χ0v) is 21.5. The third kappa shape index (κ3) is 4.91. The lowest BCUT2D eigenvalue weighted by Gasteiger charge is -2.20. The topological polar surface area (TPSA) is 46.4 Å². The van der Waals surface area contributed by atoms with Gasteiger partial charge in [0.2, 0.25) is 0 Å². The second kappa shape index (κ2) is 9.05. The number of carbonyl (C=O) groups is 1. The molecule has 0 aliphatic carbocycles. The maximum atomic E-state index is 12.6. The summed E-state index contributed by atoms with van der Waals surface area (Å²) in [5, 5.41) is 4.07. The smallest absolute Gasteiger partial charge is 0.264 e. The molecule has 0 spiro atoms. The van der Waals surface area contributed by atoms with E-state index in [0.29, 0.717) is 25.8 Å². The van der Waals surface area contributed by atoms with Gasteiger partial charge in [-0.1, -0.05) is 62.2 Å². The van der Waals surface area contributed by atoms with E-state index in [1.54, 1.807) is 18.2 Å². The van der Waals surface area contributed by atoms with Crippen LogP contribution in [0.5, 0.6) is 0 Å². The van der Waals surface area contributed by atoms with E-state index in [9.17, 15) is 4.79 Å². The summed E-state index contributed by atoms with van der Waals surface area (Å²) in [6.45, 7) is 10.8. The number of aryl methyl sites for hydroxylation is 1. The largest absolute Gasteiger partial charge is 0.318 e. The molecule has 3 aromatic rings. The molecule has 2 heterocycles. The first-order chi connectivity index (χ1) is 15.5. The van der Waals surface area contributed by atoms with E-state index in [4.69, 9.17) is 23.2 Å². The number of amidine groups is 1. The number of aromatic nitrogens is 1. The van der Waals surface area contributed by atoms with E-state index in [2.05, 4.69) is 79.8 Å². The van der Waals surface area contributed by atoms with E-state index in [1.807, 2.05) is 6.08 Å². The van der Waals surface area contributed by atoms with E-state index < -0.39 is 0 Å². The Morgan fingerprint density at radius 1 is 1.06 bits per heavy atom. The van der Waals surface area contributed by atoms with Gasteiger partial charge in [0.15, 0.2) is 5.17 Å². The van der Waals surface area contributed by atoms with E-state index in [-0.39, 0.29) is 11.3 Å². The lowest BCUT2D eigenvalue weighted by molar-refractivity contribution is -0.115. The van der Waals surface area contributed by atoms with Crippen LogP contribution < -0.4 is 5.32 Å². The number of carbonyl (C=O) groups excluding carboxylic acids is 1. The molecule has 1 aliphatic heterocycles. The molecule has 1 N–H and O–H groups in total. The lowest BCUT2D eigenvalue weighted by Crippen LogP contribution is -2.19. The third-order valence-electron chi connectivity index (χ3n) is 5.55. The predicted octanol–water partition coefficient (Wildman–Crippen LogP) is 7.59. The van der Waals surface area contributed by atoms with Crippen LogP contribution in [0.3, 0.4) is 0 Å². The first-order valence-corrected chi connectivity index (χ1v) is 12.2. The molecule has 4 rings (SSSR count). The molecule has 170 valence electrons. The van der Waals surface area contributed by atoms with E-state index in [0.717, 1.165) is 22.6 Å². The fourth-order valence-corrected chi connectivity index (χ4v) is 4.91. The highest BCUT2D eigenvalue weighted by Gasteiger charge is 2.25. The fraction of sp³-hybridized carbons (Fsp3) is 0.231. The fourth-order valence-electron chi connectivity index (χ4n) is 3.75. The number of hydrogen-bond acceptors (Lipinski definition) is 3. The van der Waals surface area contributed by atoms with Crippen molar-refractivity contribution >= 4 is 57.8 Å². The minimum atomic E-state index is -0.184. The van der Waals surface area contributed by atoms with Crippen molar-refractivity contribution in [2.24, 2.45) is 4.99 Å². The summed E-state index contributed by atoms with van der Waals surface area (Å²) in [5.74, 6) is -0.184. The minimum absolute atomic E-state index is 0.108. The van der Waals surface area contributed by atoms with Gasteiger partial charge in [0.25, 0.3) is 5.91 Å². The molecule has 0 atom stereocenters. The quantitative estimate of drug-likeness (QED) is 0.378. The molecule has 1 fully saturated rings. The molecule has 0 radical (unpaired) electrons. The van der Waals surface area contributed by atoms with Crippen molar-refractivity contribution in [3.05, 3.63) is 86.0 Å². The number of thioether (sulfide) groups is 1. The van der Waals surface area contributed by atoms with Gasteiger partial charge >= 0.3 is 0 Å². The Hall–Kier alpha value is -2.47. The summed E-state index contributed by atoms with van der Waals surface area (Å²) < 4.78 is 2.21. The number of nitrogens with zero attached hydrogens (tertiary/aromatic N) is 2. The summed E-state index contributed by atoms with van der Waals surface area (Å²) in [7, 11) is 0. The Kier molecular flexibility index (Phi) is 6.50. The van der Waals surface area contributed by atoms with Gasteiger partial charge in [0.05, 0.1) is 20.6 Å². The zero-order chi connectivity index (χ0) is 23.9. The molecule has 33 heavy (non-hydrogen) atoms. The monoisotopic (exact) mass is 497 g/mol. The molecule has 0 saturated carbocycles. The summed E-state index contributed by atoms with van der Waals surface area (Å²) in [6, 6.07) is 16.0. The highest BCUT2D eigenvalue weighted by atomic mass is 35.5. The Labute approximate surface area is 208 Å². The highest BCUT2D eigenvalue weighted by Crippen LogP contribution is 2.35. The Morgan fingerprint density at radius 3 is 2.42 bits per heavy atom. The van der Waals surface area contributed by atoms with Gasteiger partial charge in [-0.2, -0.15) is 0 Å². The maximum absolute atomic E-state index is 12.6. The van der Waals surface area contributed by atoms with Crippen molar-refractivity contribution in [3.63, 3.8) is 0 Å². The summed E-state index contributed by atoms with van der Waals surface area (Å²) in [5.41, 5.74) is 6.19. The van der Waals surface area contributed by atoms with Crippen LogP contribution in [0.25, 0.3) is 11.8 Å². The van der Waals surface area contributed by atoms with Gasteiger partial charge in [-0.25, -0.2) is 4.99 Å². The normalized spacial score (nSPS) is 16.6. The van der Waals surface area contributed by atoms with E-state index in [1.165, 1.54) is 17.3 Å². The van der Waals surface area contributed by atoms with Crippen LogP contribution in [0.15, 0.2) is 58.4 Å². The molecule has 1 aliphatic rings. The van der Waals surface area contributed by atoms with Crippen molar-refractivity contribution in [3.8, 4) is 5.69 Å². The second-order valence-electron chi connectivity index (χ2n) is 9.01. The average Bonchev–Trinajstić information content (AvgIpc) is 3.23. The SMILES string of the molecule is Cc1cc(/C=C2\SC(=Nc3cccc(Cl)c3Cl)NC2=O)c(C)n1-c1ccc(C(C)(C)C)cc1. The molecule has 1 aromatic heterocycles. The van der Waals surface area contributed by atoms with Crippen LogP contribution in [0.1, 0.15) is 43.3 Å². The van der Waals surface area contributed by atoms with Crippen LogP contribution in [-0.2, 0) is 10.2 Å². The molecule has 2 aromatic carbocycles. The van der Waals surface area contributed by atoms with Crippen LogP contribution in [-0.4, -0.2) is 15.6 Å². The Bertz CT molecular complexity index is 1300. The second-order valence-corrected chi connectivity index (χ2v) is 10.8. The average molecular weight is 498 g/mol. The molecule has 7 heteroatoms. The summed E-state index contributed by atoms with van der Waals surface area (Å²) in [4.78, 5) is 17.6. The van der Waals surface area contributed by atoms with Crippen molar-refractivity contribution in [2.75, 3.05) is 0 Å². The molecule has 1 amide bonds. The molecule has 1 saturated heterocycles. The van der Waals surface area contributed by atoms with Crippen LogP contribution in [0, 0.1) is 13.8 Å². The van der Waals surface area contributed by atoms with Gasteiger partial charge in [0.1, 0.15) is 0 Å². The van der Waals surface area contributed by atoms with Crippen molar-refractivity contribution in [1.29, 1.82) is 0 Å². The van der Waals surface area contributed by atoms with Crippen LogP contribution in [0.4, 0.5) is 5.69 Å². The number of halogens is 2. The first kappa shape index (κ1) is 23.7. The molecule has 0 unspecified atom stereocenters. The summed E-state index contributed by atoms with van der Waals surface area (Å²) >= 11 is 13.6. The predicted molar refractivity (Wildman–Crippen MR) is 141 cm³/mol. The third-order valence-corrected chi connectivity index (χ3v) is 7.27. The van der Waals surface area contributed by atoms with Gasteiger partial charge < -0.3 is 9.88 Å². The number of amides is 1. The Balaban J connectivity index is 1.63. The number of nitrogens with one attached hydrogen (secondary N) is 1. The molecule has 4 nitrogen and oxygen atoms in total. The first-order valence-electron chi connectivity index (χ1n) is 10.6. The van der Waals surface area contributed by atoms with Gasteiger partial charge in [-0.05, 0) is 78.6 Å². The molecular formula is C26H25Cl2N3OS. The van der Waals surface area contributed by atoms with E-state index >= 15 is 0 Å². The van der Waals surface area contributed by atoms with Crippen LogP contribution >= 0.6 is 35.0 Å². The van der Waals surface area contributed by atoms with Crippen molar-refractivity contribution in [1.82, 2.24) is 9.88 Å². The van der Waals surface area contributed by atoms with Crippen LogP contribution in [0.2, 0.25) is 10.0 Å². The van der Waals surface area contributed by atoms with Crippen molar-refractivity contribution < 1.29 is 4.79 Å². The zero-order valence-electron chi connectivity index (χ0n) is 19.2. The summed E-state index contributed by atoms with van der Waals surface area (Å²) in [6.07, 6.45) is 1.91.